The van der Waals surface area contributed by atoms with Crippen molar-refractivity contribution < 1.29 is 4.21 Å². The van der Waals surface area contributed by atoms with E-state index in [1.807, 2.05) is 6.20 Å². The van der Waals surface area contributed by atoms with Gasteiger partial charge in [-0.25, -0.2) is 19.2 Å². The van der Waals surface area contributed by atoms with Gasteiger partial charge < -0.3 is 10.2 Å². The average molecular weight is 550 g/mol. The van der Waals surface area contributed by atoms with Crippen molar-refractivity contribution >= 4 is 49.4 Å². The molecule has 0 saturated carbocycles. The summed E-state index contributed by atoms with van der Waals surface area (Å²) in [6.07, 6.45) is 6.91. The minimum atomic E-state index is -2.46. The first-order valence-corrected chi connectivity index (χ1v) is 14.6. The topological polar surface area (TPSA) is 106 Å². The number of fused-ring (bicyclic) bond motifs is 1. The molecule has 1 atom stereocenters. The summed E-state index contributed by atoms with van der Waals surface area (Å²) < 4.78 is 17.7. The Balaban J connectivity index is 1.42. The maximum absolute atomic E-state index is 12.4. The van der Waals surface area contributed by atoms with Gasteiger partial charge in [0.15, 0.2) is 11.0 Å². The summed E-state index contributed by atoms with van der Waals surface area (Å²) in [6, 6.07) is 8.15. The molecule has 0 unspecified atom stereocenters. The van der Waals surface area contributed by atoms with Gasteiger partial charge in [0.25, 0.3) is 0 Å². The largest absolute Gasteiger partial charge is 0.370 e. The van der Waals surface area contributed by atoms with Crippen LogP contribution in [0.1, 0.15) is 25.3 Å². The van der Waals surface area contributed by atoms with E-state index in [1.165, 1.54) is 5.56 Å². The molecule has 196 valence electrons. The van der Waals surface area contributed by atoms with Crippen LogP contribution < -0.4 is 10.2 Å². The van der Waals surface area contributed by atoms with Crippen LogP contribution in [0.25, 0.3) is 27.1 Å². The highest BCUT2D eigenvalue weighted by molar-refractivity contribution is 7.92. The summed E-state index contributed by atoms with van der Waals surface area (Å²) in [5, 5.41) is 9.99. The molecule has 1 aliphatic heterocycles. The molecule has 1 aliphatic rings. The molecule has 1 N–H and O–H groups in total. The summed E-state index contributed by atoms with van der Waals surface area (Å²) in [4.78, 5) is 18.9. The van der Waals surface area contributed by atoms with E-state index in [4.69, 9.17) is 23.2 Å². The molecular formula is C26H28ClN9OS. The van der Waals surface area contributed by atoms with E-state index in [-0.39, 0.29) is 5.92 Å². The van der Waals surface area contributed by atoms with Crippen molar-refractivity contribution in [1.29, 1.82) is 0 Å². The fraction of sp³-hybridized carbons (Fsp3) is 0.346. The number of nitrogens with zero attached hydrogens (tertiary/aromatic N) is 8. The number of hydrogen-bond acceptors (Lipinski definition) is 8. The lowest BCUT2D eigenvalue weighted by Crippen LogP contribution is -2.49. The van der Waals surface area contributed by atoms with Gasteiger partial charge in [0.05, 0.1) is 5.56 Å². The van der Waals surface area contributed by atoms with Crippen LogP contribution >= 0.6 is 11.6 Å². The molecule has 1 aromatic carbocycles. The first-order valence-electron chi connectivity index (χ1n) is 12.2. The third-order valence-electron chi connectivity index (χ3n) is 6.53. The van der Waals surface area contributed by atoms with Crippen molar-refractivity contribution in [2.75, 3.05) is 35.3 Å². The van der Waals surface area contributed by atoms with E-state index < -0.39 is 9.73 Å². The van der Waals surface area contributed by atoms with Crippen LogP contribution in [0.3, 0.4) is 0 Å². The van der Waals surface area contributed by atoms with Gasteiger partial charge in [0, 0.05) is 67.7 Å². The van der Waals surface area contributed by atoms with Gasteiger partial charge in [-0.2, -0.15) is 11.7 Å². The number of aromatic nitrogens is 5. The van der Waals surface area contributed by atoms with Crippen molar-refractivity contribution in [2.24, 2.45) is 17.4 Å². The number of nitrogens with one attached hydrogen (secondary N) is 1. The third-order valence-corrected chi connectivity index (χ3v) is 8.32. The van der Waals surface area contributed by atoms with Crippen LogP contribution in [0.2, 0.25) is 5.15 Å². The van der Waals surface area contributed by atoms with E-state index in [2.05, 4.69) is 66.8 Å². The second kappa shape index (κ2) is 10.2. The fourth-order valence-corrected chi connectivity index (χ4v) is 6.40. The Morgan fingerprint density at radius 1 is 1.24 bits per heavy atom. The van der Waals surface area contributed by atoms with Gasteiger partial charge >= 0.3 is 0 Å². The first-order chi connectivity index (χ1) is 18.1. The van der Waals surface area contributed by atoms with Crippen LogP contribution in [0, 0.1) is 12.5 Å². The summed E-state index contributed by atoms with van der Waals surface area (Å²) in [7, 11) is -0.668. The molecule has 0 bridgehead atoms. The lowest BCUT2D eigenvalue weighted by atomic mass is 9.93. The molecule has 1 saturated heterocycles. The van der Waals surface area contributed by atoms with Crippen molar-refractivity contribution in [1.82, 2.24) is 24.7 Å². The number of halogens is 1. The Morgan fingerprint density at radius 2 is 2.03 bits per heavy atom. The minimum absolute atomic E-state index is 0.243. The molecule has 12 heteroatoms. The second-order valence-electron chi connectivity index (χ2n) is 9.92. The molecule has 0 amide bonds. The van der Waals surface area contributed by atoms with E-state index in [0.29, 0.717) is 39.8 Å². The standard InChI is InChI=1S/C26H28ClN9OS/c1-16(2)18-6-7-22(36-12-17(13-36)15-38(5,37)34-28-3)20-11-30-24(10-19(18)20)31-23-8-9-29-26(32-23)21-14-35(4)33-25(21)27/h6-11,14,16-17H,12-13,15H2,1-2,4-5H3,(H,29,30,31,32)/t38-/m1/s1. The Bertz CT molecular complexity index is 1680. The van der Waals surface area contributed by atoms with Crippen LogP contribution in [0.15, 0.2) is 47.3 Å². The van der Waals surface area contributed by atoms with Crippen molar-refractivity contribution in [3.05, 3.63) is 65.1 Å². The highest BCUT2D eigenvalue weighted by atomic mass is 35.5. The number of rotatable bonds is 7. The highest BCUT2D eigenvalue weighted by Gasteiger charge is 2.31. The van der Waals surface area contributed by atoms with Crippen molar-refractivity contribution in [3.63, 3.8) is 0 Å². The number of aryl methyl sites for hydroxylation is 1. The maximum atomic E-state index is 12.4. The summed E-state index contributed by atoms with van der Waals surface area (Å²) in [6.45, 7) is 12.8. The van der Waals surface area contributed by atoms with Crippen molar-refractivity contribution in [3.8, 4) is 11.4 Å². The third kappa shape index (κ3) is 5.28. The molecule has 4 aromatic rings. The van der Waals surface area contributed by atoms with E-state index in [0.717, 1.165) is 29.5 Å². The number of anilines is 3. The fourth-order valence-electron chi connectivity index (χ4n) is 4.82. The molecule has 3 aromatic heterocycles. The van der Waals surface area contributed by atoms with E-state index in [1.54, 1.807) is 36.4 Å². The Morgan fingerprint density at radius 3 is 2.71 bits per heavy atom. The molecular weight excluding hydrogens is 522 g/mol. The molecule has 5 rings (SSSR count). The highest BCUT2D eigenvalue weighted by Crippen LogP contribution is 2.37. The first kappa shape index (κ1) is 25.9. The zero-order valence-corrected chi connectivity index (χ0v) is 23.2. The van der Waals surface area contributed by atoms with E-state index in [9.17, 15) is 4.21 Å². The molecule has 0 aliphatic carbocycles. The Labute approximate surface area is 227 Å². The molecule has 4 heterocycles. The van der Waals surface area contributed by atoms with Gasteiger partial charge in [0.2, 0.25) is 0 Å². The smallest absolute Gasteiger partial charge is 0.166 e. The normalized spacial score (nSPS) is 15.2. The number of pyridine rings is 1. The van der Waals surface area contributed by atoms with E-state index >= 15 is 0 Å². The predicted octanol–water partition coefficient (Wildman–Crippen LogP) is 5.31. The molecule has 38 heavy (non-hydrogen) atoms. The Kier molecular flexibility index (Phi) is 6.94. The summed E-state index contributed by atoms with van der Waals surface area (Å²) >= 11 is 6.24. The average Bonchev–Trinajstić information content (AvgIpc) is 3.18. The zero-order valence-electron chi connectivity index (χ0n) is 21.6. The Hall–Kier alpha value is -3.75. The molecule has 10 nitrogen and oxygen atoms in total. The summed E-state index contributed by atoms with van der Waals surface area (Å²) in [5.74, 6) is 2.75. The number of hydrogen-bond donors (Lipinski definition) is 1. The van der Waals surface area contributed by atoms with Crippen LogP contribution in [0.4, 0.5) is 17.3 Å². The van der Waals surface area contributed by atoms with Gasteiger partial charge in [-0.15, -0.1) is 4.95 Å². The van der Waals surface area contributed by atoms with Crippen molar-refractivity contribution in [2.45, 2.75) is 19.8 Å². The van der Waals surface area contributed by atoms with Crippen LogP contribution in [-0.2, 0) is 16.8 Å². The van der Waals surface area contributed by atoms with Gasteiger partial charge in [0.1, 0.15) is 25.8 Å². The summed E-state index contributed by atoms with van der Waals surface area (Å²) in [5.41, 5.74) is 2.98. The lowest BCUT2D eigenvalue weighted by Gasteiger charge is -2.41. The predicted molar refractivity (Wildman–Crippen MR) is 152 cm³/mol. The van der Waals surface area contributed by atoms with Gasteiger partial charge in [-0.3, -0.25) is 4.68 Å². The molecule has 0 spiro atoms. The number of benzene rings is 1. The van der Waals surface area contributed by atoms with Crippen LogP contribution in [-0.4, -0.2) is 54.0 Å². The maximum Gasteiger partial charge on any atom is 0.166 e. The molecule has 0 radical (unpaired) electrons. The monoisotopic (exact) mass is 549 g/mol. The van der Waals surface area contributed by atoms with Gasteiger partial charge in [-0.1, -0.05) is 31.5 Å². The van der Waals surface area contributed by atoms with Crippen LogP contribution in [0.5, 0.6) is 0 Å². The molecule has 1 fully saturated rings. The SMILES string of the molecule is [C-]#[N+]N=[S@](C)(=O)CC1CN(c2ccc(C(C)C)c3cc(Nc4ccnc(-c5cn(C)nc5Cl)n4)ncc23)C1. The van der Waals surface area contributed by atoms with Gasteiger partial charge in [-0.05, 0) is 35.1 Å². The second-order valence-corrected chi connectivity index (χ2v) is 12.7. The quantitative estimate of drug-likeness (QED) is 0.246. The minimum Gasteiger partial charge on any atom is -0.370 e. The lowest BCUT2D eigenvalue weighted by molar-refractivity contribution is 0.451. The zero-order chi connectivity index (χ0) is 27.0.